The molecule has 0 spiro atoms. The maximum atomic E-state index is 12.6. The minimum atomic E-state index is -0.951. The van der Waals surface area contributed by atoms with Crippen LogP contribution in [0.2, 0.25) is 0 Å². The van der Waals surface area contributed by atoms with Gasteiger partial charge in [0, 0.05) is 23.1 Å². The highest BCUT2D eigenvalue weighted by Gasteiger charge is 2.24. The second-order valence-electron chi connectivity index (χ2n) is 5.41. The number of methoxy groups -OCH3 is 2. The van der Waals surface area contributed by atoms with Gasteiger partial charge in [-0.3, -0.25) is 9.59 Å². The Morgan fingerprint density at radius 3 is 2.36 bits per heavy atom. The Morgan fingerprint density at radius 1 is 1.04 bits per heavy atom. The van der Waals surface area contributed by atoms with Crippen molar-refractivity contribution in [1.82, 2.24) is 5.32 Å². The molecule has 1 atom stereocenters. The summed E-state index contributed by atoms with van der Waals surface area (Å²) in [5.41, 5.74) is 6.88. The number of nitrogen functional groups attached to an aromatic ring is 1. The highest BCUT2D eigenvalue weighted by molar-refractivity contribution is 6.10. The fourth-order valence-electron chi connectivity index (χ4n) is 2.51. The molecule has 3 N–H and O–H groups in total. The van der Waals surface area contributed by atoms with Crippen LogP contribution in [0.4, 0.5) is 5.69 Å². The zero-order valence-electron chi connectivity index (χ0n) is 14.1. The summed E-state index contributed by atoms with van der Waals surface area (Å²) in [6.07, 6.45) is 0.0665. The summed E-state index contributed by atoms with van der Waals surface area (Å²) >= 11 is 0. The molecule has 0 bridgehead atoms. The van der Waals surface area contributed by atoms with Crippen molar-refractivity contribution in [3.63, 3.8) is 0 Å². The van der Waals surface area contributed by atoms with Gasteiger partial charge in [-0.2, -0.15) is 0 Å². The first-order valence-corrected chi connectivity index (χ1v) is 7.70. The zero-order chi connectivity index (χ0) is 18.4. The van der Waals surface area contributed by atoms with Gasteiger partial charge in [0.2, 0.25) is 0 Å². The Hall–Kier alpha value is -3.09. The van der Waals surface area contributed by atoms with Gasteiger partial charge in [-0.05, 0) is 23.9 Å². The van der Waals surface area contributed by atoms with Crippen LogP contribution in [0.25, 0.3) is 10.8 Å². The van der Waals surface area contributed by atoms with E-state index in [1.807, 2.05) is 12.1 Å². The number of hydrogen-bond acceptors (Lipinski definition) is 6. The lowest BCUT2D eigenvalue weighted by molar-refractivity contribution is -0.144. The first-order valence-electron chi connectivity index (χ1n) is 7.70. The van der Waals surface area contributed by atoms with Crippen molar-refractivity contribution in [2.75, 3.05) is 20.0 Å². The summed E-state index contributed by atoms with van der Waals surface area (Å²) in [6.45, 7) is 0. The third-order valence-corrected chi connectivity index (χ3v) is 3.86. The molecule has 0 aliphatic rings. The largest absolute Gasteiger partial charge is 0.469 e. The summed E-state index contributed by atoms with van der Waals surface area (Å²) < 4.78 is 9.25. The molecule has 132 valence electrons. The minimum absolute atomic E-state index is 0.0148. The maximum absolute atomic E-state index is 12.6. The van der Waals surface area contributed by atoms with E-state index in [9.17, 15) is 14.4 Å². The van der Waals surface area contributed by atoms with E-state index in [0.29, 0.717) is 16.6 Å². The number of esters is 2. The van der Waals surface area contributed by atoms with E-state index in [4.69, 9.17) is 10.5 Å². The molecule has 2 rings (SSSR count). The molecule has 0 aliphatic carbocycles. The molecule has 0 aromatic heterocycles. The number of anilines is 1. The Morgan fingerprint density at radius 2 is 1.72 bits per heavy atom. The van der Waals surface area contributed by atoms with E-state index >= 15 is 0 Å². The number of nitrogens with one attached hydrogen (secondary N) is 1. The van der Waals surface area contributed by atoms with Gasteiger partial charge in [0.1, 0.15) is 6.04 Å². The Balaban J connectivity index is 2.25. The van der Waals surface area contributed by atoms with Crippen molar-refractivity contribution >= 4 is 34.3 Å². The molecule has 0 radical (unpaired) electrons. The number of carbonyl (C=O) groups excluding carboxylic acids is 3. The van der Waals surface area contributed by atoms with E-state index in [1.54, 1.807) is 24.3 Å². The summed E-state index contributed by atoms with van der Waals surface area (Å²) in [5, 5.41) is 4.04. The predicted molar refractivity (Wildman–Crippen MR) is 92.9 cm³/mol. The van der Waals surface area contributed by atoms with Crippen LogP contribution in [0, 0.1) is 0 Å². The number of carbonyl (C=O) groups is 3. The van der Waals surface area contributed by atoms with Crippen molar-refractivity contribution in [1.29, 1.82) is 0 Å². The fourth-order valence-corrected chi connectivity index (χ4v) is 2.51. The van der Waals surface area contributed by atoms with Gasteiger partial charge in [-0.1, -0.05) is 24.3 Å². The highest BCUT2D eigenvalue weighted by Crippen LogP contribution is 2.24. The molecule has 1 unspecified atom stereocenters. The average molecular weight is 344 g/mol. The third-order valence-electron chi connectivity index (χ3n) is 3.86. The molecule has 0 aliphatic heterocycles. The van der Waals surface area contributed by atoms with Gasteiger partial charge in [-0.25, -0.2) is 4.79 Å². The number of fused-ring (bicyclic) bond motifs is 1. The van der Waals surface area contributed by atoms with Crippen LogP contribution < -0.4 is 11.1 Å². The predicted octanol–water partition coefficient (Wildman–Crippen LogP) is 1.65. The topological polar surface area (TPSA) is 108 Å². The van der Waals surface area contributed by atoms with Crippen LogP contribution in [0.3, 0.4) is 0 Å². The molecular formula is C18H20N2O5. The zero-order valence-corrected chi connectivity index (χ0v) is 14.1. The minimum Gasteiger partial charge on any atom is -0.469 e. The van der Waals surface area contributed by atoms with Crippen LogP contribution in [0.1, 0.15) is 23.2 Å². The quantitative estimate of drug-likeness (QED) is 0.609. The van der Waals surface area contributed by atoms with E-state index in [1.165, 1.54) is 14.2 Å². The number of benzene rings is 2. The Bertz CT molecular complexity index is 803. The molecule has 2 aromatic rings. The van der Waals surface area contributed by atoms with Crippen LogP contribution >= 0.6 is 0 Å². The Kier molecular flexibility index (Phi) is 5.94. The van der Waals surface area contributed by atoms with E-state index in [2.05, 4.69) is 10.1 Å². The Labute approximate surface area is 145 Å². The fraction of sp³-hybridized carbons (Fsp3) is 0.278. The molecule has 7 nitrogen and oxygen atoms in total. The highest BCUT2D eigenvalue weighted by atomic mass is 16.5. The van der Waals surface area contributed by atoms with Crippen molar-refractivity contribution < 1.29 is 23.9 Å². The van der Waals surface area contributed by atoms with Gasteiger partial charge < -0.3 is 20.5 Å². The monoisotopic (exact) mass is 344 g/mol. The molecular weight excluding hydrogens is 324 g/mol. The van der Waals surface area contributed by atoms with Crippen LogP contribution in [-0.2, 0) is 19.1 Å². The molecule has 7 heteroatoms. The van der Waals surface area contributed by atoms with Gasteiger partial charge in [0.05, 0.1) is 14.2 Å². The standard InChI is InChI=1S/C18H20N2O5/c1-24-16(21)10-9-15(18(23)25-2)20-17(22)13-7-8-14(19)12-6-4-3-5-11(12)13/h3-8,15H,9-10,19H2,1-2H3,(H,20,22). The van der Waals surface area contributed by atoms with E-state index < -0.39 is 23.9 Å². The van der Waals surface area contributed by atoms with Crippen molar-refractivity contribution in [3.05, 3.63) is 42.0 Å². The molecule has 25 heavy (non-hydrogen) atoms. The van der Waals surface area contributed by atoms with Crippen LogP contribution in [0.15, 0.2) is 36.4 Å². The second kappa shape index (κ2) is 8.14. The van der Waals surface area contributed by atoms with Crippen molar-refractivity contribution in [2.45, 2.75) is 18.9 Å². The van der Waals surface area contributed by atoms with E-state index in [-0.39, 0.29) is 12.8 Å². The van der Waals surface area contributed by atoms with Gasteiger partial charge in [-0.15, -0.1) is 0 Å². The van der Waals surface area contributed by atoms with Gasteiger partial charge >= 0.3 is 11.9 Å². The molecule has 0 saturated heterocycles. The van der Waals surface area contributed by atoms with Gasteiger partial charge in [0.15, 0.2) is 0 Å². The number of amides is 1. The summed E-state index contributed by atoms with van der Waals surface area (Å²) in [7, 11) is 2.48. The second-order valence-corrected chi connectivity index (χ2v) is 5.41. The van der Waals surface area contributed by atoms with Crippen molar-refractivity contribution in [3.8, 4) is 0 Å². The molecule has 0 heterocycles. The number of hydrogen-bond donors (Lipinski definition) is 2. The third kappa shape index (κ3) is 4.26. The first-order chi connectivity index (χ1) is 12.0. The summed E-state index contributed by atoms with van der Waals surface area (Å²) in [6, 6.07) is 9.51. The average Bonchev–Trinajstić information content (AvgIpc) is 2.64. The van der Waals surface area contributed by atoms with Crippen molar-refractivity contribution in [2.24, 2.45) is 0 Å². The lowest BCUT2D eigenvalue weighted by Crippen LogP contribution is -2.42. The summed E-state index contributed by atoms with van der Waals surface area (Å²) in [5.74, 6) is -1.55. The number of rotatable bonds is 6. The first kappa shape index (κ1) is 18.3. The number of ether oxygens (including phenoxy) is 2. The van der Waals surface area contributed by atoms with Gasteiger partial charge in [0.25, 0.3) is 5.91 Å². The molecule has 2 aromatic carbocycles. The SMILES string of the molecule is COC(=O)CCC(NC(=O)c1ccc(N)c2ccccc12)C(=O)OC. The summed E-state index contributed by atoms with van der Waals surface area (Å²) in [4.78, 5) is 35.8. The smallest absolute Gasteiger partial charge is 0.328 e. The lowest BCUT2D eigenvalue weighted by atomic mass is 10.0. The van der Waals surface area contributed by atoms with Crippen LogP contribution in [-0.4, -0.2) is 38.1 Å². The van der Waals surface area contributed by atoms with Crippen LogP contribution in [0.5, 0.6) is 0 Å². The molecule has 0 fully saturated rings. The normalized spacial score (nSPS) is 11.6. The molecule has 0 saturated carbocycles. The lowest BCUT2D eigenvalue weighted by Gasteiger charge is -2.17. The molecule has 1 amide bonds. The van der Waals surface area contributed by atoms with E-state index in [0.717, 1.165) is 5.39 Å². The maximum Gasteiger partial charge on any atom is 0.328 e. The number of nitrogens with two attached hydrogens (primary N) is 1.